The van der Waals surface area contributed by atoms with Crippen molar-refractivity contribution >= 4 is 5.69 Å². The minimum atomic E-state index is -0.373. The Morgan fingerprint density at radius 1 is 1.41 bits per heavy atom. The van der Waals surface area contributed by atoms with Crippen LogP contribution >= 0.6 is 0 Å². The average Bonchev–Trinajstić information content (AvgIpc) is 2.77. The Bertz CT molecular complexity index is 391. The number of hydrogen-bond acceptors (Lipinski definition) is 4. The molecule has 1 aliphatic rings. The van der Waals surface area contributed by atoms with Crippen LogP contribution in [0.15, 0.2) is 24.3 Å². The lowest BCUT2D eigenvalue weighted by Crippen LogP contribution is -2.34. The number of likely N-dealkylation sites (tertiary alicyclic amines) is 1. The van der Waals surface area contributed by atoms with E-state index in [1.54, 1.807) is 12.1 Å². The molecule has 0 saturated carbocycles. The topological polar surface area (TPSA) is 72.4 Å². The molecule has 1 heterocycles. The van der Waals surface area contributed by atoms with Crippen LogP contribution in [0.25, 0.3) is 0 Å². The van der Waals surface area contributed by atoms with E-state index in [2.05, 4.69) is 4.90 Å². The molecule has 0 amide bonds. The molecule has 17 heavy (non-hydrogen) atoms. The second-order valence-electron chi connectivity index (χ2n) is 4.43. The van der Waals surface area contributed by atoms with Crippen LogP contribution in [0.5, 0.6) is 0 Å². The molecule has 1 aliphatic heterocycles. The summed E-state index contributed by atoms with van der Waals surface area (Å²) in [5.74, 6) is 0. The first kappa shape index (κ1) is 12.0. The zero-order valence-corrected chi connectivity index (χ0v) is 9.71. The zero-order chi connectivity index (χ0) is 12.3. The van der Waals surface area contributed by atoms with E-state index in [0.717, 1.165) is 25.1 Å². The quantitative estimate of drug-likeness (QED) is 0.634. The van der Waals surface area contributed by atoms with Crippen LogP contribution in [0.3, 0.4) is 0 Å². The molecule has 1 fully saturated rings. The molecule has 0 bridgehead atoms. The van der Waals surface area contributed by atoms with E-state index in [1.807, 2.05) is 12.1 Å². The van der Waals surface area contributed by atoms with Gasteiger partial charge in [-0.1, -0.05) is 12.1 Å². The van der Waals surface area contributed by atoms with Crippen molar-refractivity contribution in [3.05, 3.63) is 39.9 Å². The highest BCUT2D eigenvalue weighted by Gasteiger charge is 2.22. The third-order valence-electron chi connectivity index (χ3n) is 3.30. The van der Waals surface area contributed by atoms with Crippen LogP contribution in [-0.2, 0) is 6.54 Å². The van der Waals surface area contributed by atoms with Crippen molar-refractivity contribution in [2.75, 3.05) is 13.1 Å². The first-order valence-corrected chi connectivity index (χ1v) is 5.88. The first-order chi connectivity index (χ1) is 8.20. The monoisotopic (exact) mass is 235 g/mol. The van der Waals surface area contributed by atoms with Gasteiger partial charge in [0.05, 0.1) is 4.92 Å². The van der Waals surface area contributed by atoms with Crippen LogP contribution in [-0.4, -0.2) is 29.0 Å². The minimum Gasteiger partial charge on any atom is -0.329 e. The summed E-state index contributed by atoms with van der Waals surface area (Å²) in [4.78, 5) is 12.5. The highest BCUT2D eigenvalue weighted by Crippen LogP contribution is 2.20. The summed E-state index contributed by atoms with van der Waals surface area (Å²) in [5.41, 5.74) is 6.96. The summed E-state index contributed by atoms with van der Waals surface area (Å²) < 4.78 is 0. The van der Waals surface area contributed by atoms with Gasteiger partial charge in [-0.25, -0.2) is 0 Å². The van der Waals surface area contributed by atoms with Crippen molar-refractivity contribution in [2.45, 2.75) is 25.4 Å². The van der Waals surface area contributed by atoms with Crippen LogP contribution in [0.2, 0.25) is 0 Å². The second-order valence-corrected chi connectivity index (χ2v) is 4.43. The molecule has 1 aromatic carbocycles. The molecule has 92 valence electrons. The van der Waals surface area contributed by atoms with Gasteiger partial charge in [0.25, 0.3) is 5.69 Å². The molecule has 5 heteroatoms. The van der Waals surface area contributed by atoms with Crippen molar-refractivity contribution in [3.8, 4) is 0 Å². The average molecular weight is 235 g/mol. The fourth-order valence-electron chi connectivity index (χ4n) is 2.33. The van der Waals surface area contributed by atoms with Gasteiger partial charge < -0.3 is 5.73 Å². The Morgan fingerprint density at radius 2 is 2.12 bits per heavy atom. The Hall–Kier alpha value is -1.46. The van der Waals surface area contributed by atoms with Gasteiger partial charge in [0.1, 0.15) is 0 Å². The Morgan fingerprint density at radius 3 is 2.71 bits per heavy atom. The van der Waals surface area contributed by atoms with Crippen molar-refractivity contribution in [1.29, 1.82) is 0 Å². The lowest BCUT2D eigenvalue weighted by Gasteiger charge is -2.22. The van der Waals surface area contributed by atoms with E-state index in [-0.39, 0.29) is 10.6 Å². The summed E-state index contributed by atoms with van der Waals surface area (Å²) in [7, 11) is 0. The van der Waals surface area contributed by atoms with Crippen LogP contribution in [0.4, 0.5) is 5.69 Å². The molecule has 0 aliphatic carbocycles. The predicted molar refractivity (Wildman–Crippen MR) is 65.6 cm³/mol. The predicted octanol–water partition coefficient (Wildman–Crippen LogP) is 1.52. The number of nitrogens with two attached hydrogens (primary N) is 1. The van der Waals surface area contributed by atoms with Gasteiger partial charge in [0.15, 0.2) is 0 Å². The van der Waals surface area contributed by atoms with E-state index >= 15 is 0 Å². The van der Waals surface area contributed by atoms with Gasteiger partial charge >= 0.3 is 0 Å². The van der Waals surface area contributed by atoms with Gasteiger partial charge in [0, 0.05) is 31.3 Å². The molecule has 1 aromatic rings. The highest BCUT2D eigenvalue weighted by atomic mass is 16.6. The van der Waals surface area contributed by atoms with Crippen molar-refractivity contribution in [1.82, 2.24) is 4.90 Å². The van der Waals surface area contributed by atoms with E-state index in [9.17, 15) is 10.1 Å². The van der Waals surface area contributed by atoms with E-state index in [4.69, 9.17) is 5.73 Å². The fourth-order valence-corrected chi connectivity index (χ4v) is 2.33. The summed E-state index contributed by atoms with van der Waals surface area (Å²) in [6.07, 6.45) is 2.35. The second kappa shape index (κ2) is 5.25. The molecule has 1 atom stereocenters. The minimum absolute atomic E-state index is 0.144. The third-order valence-corrected chi connectivity index (χ3v) is 3.30. The van der Waals surface area contributed by atoms with Crippen LogP contribution in [0, 0.1) is 10.1 Å². The highest BCUT2D eigenvalue weighted by molar-refractivity contribution is 5.32. The van der Waals surface area contributed by atoms with Gasteiger partial charge in [-0.15, -0.1) is 0 Å². The van der Waals surface area contributed by atoms with E-state index < -0.39 is 0 Å². The molecule has 2 rings (SSSR count). The maximum absolute atomic E-state index is 10.5. The summed E-state index contributed by atoms with van der Waals surface area (Å²) >= 11 is 0. The summed E-state index contributed by atoms with van der Waals surface area (Å²) in [6.45, 7) is 2.59. The standard InChI is InChI=1S/C12H17N3O2/c13-8-12-2-1-7-14(12)9-10-3-5-11(6-4-10)15(16)17/h3-6,12H,1-2,7-9,13H2. The maximum Gasteiger partial charge on any atom is 0.269 e. The maximum atomic E-state index is 10.5. The van der Waals surface area contributed by atoms with Gasteiger partial charge in [-0.05, 0) is 24.9 Å². The van der Waals surface area contributed by atoms with Crippen molar-refractivity contribution in [3.63, 3.8) is 0 Å². The lowest BCUT2D eigenvalue weighted by molar-refractivity contribution is -0.384. The molecule has 0 radical (unpaired) electrons. The molecule has 0 aromatic heterocycles. The molecule has 1 saturated heterocycles. The van der Waals surface area contributed by atoms with Gasteiger partial charge in [-0.2, -0.15) is 0 Å². The van der Waals surface area contributed by atoms with Crippen LogP contribution in [0.1, 0.15) is 18.4 Å². The largest absolute Gasteiger partial charge is 0.329 e. The SMILES string of the molecule is NCC1CCCN1Cc1ccc([N+](=O)[O-])cc1. The number of rotatable bonds is 4. The van der Waals surface area contributed by atoms with Crippen molar-refractivity contribution < 1.29 is 4.92 Å². The number of nitro benzene ring substituents is 1. The number of benzene rings is 1. The normalized spacial score (nSPS) is 20.6. The number of non-ortho nitro benzene ring substituents is 1. The van der Waals surface area contributed by atoms with E-state index in [0.29, 0.717) is 12.6 Å². The number of nitrogens with zero attached hydrogens (tertiary/aromatic N) is 2. The van der Waals surface area contributed by atoms with Gasteiger partial charge in [-0.3, -0.25) is 15.0 Å². The zero-order valence-electron chi connectivity index (χ0n) is 9.71. The third kappa shape index (κ3) is 2.81. The molecular formula is C12H17N3O2. The van der Waals surface area contributed by atoms with Crippen molar-refractivity contribution in [2.24, 2.45) is 5.73 Å². The Labute approximate surface area is 100 Å². The molecule has 2 N–H and O–H groups in total. The lowest BCUT2D eigenvalue weighted by atomic mass is 10.1. The number of hydrogen-bond donors (Lipinski definition) is 1. The van der Waals surface area contributed by atoms with Gasteiger partial charge in [0.2, 0.25) is 0 Å². The van der Waals surface area contributed by atoms with Crippen LogP contribution < -0.4 is 5.73 Å². The molecular weight excluding hydrogens is 218 g/mol. The summed E-state index contributed by atoms with van der Waals surface area (Å²) in [5, 5.41) is 10.5. The fraction of sp³-hybridized carbons (Fsp3) is 0.500. The molecule has 5 nitrogen and oxygen atoms in total. The molecule has 0 spiro atoms. The summed E-state index contributed by atoms with van der Waals surface area (Å²) in [6, 6.07) is 7.23. The van der Waals surface area contributed by atoms with E-state index in [1.165, 1.54) is 6.42 Å². The smallest absolute Gasteiger partial charge is 0.269 e. The Balaban J connectivity index is 2.01. The Kier molecular flexibility index (Phi) is 3.71. The first-order valence-electron chi connectivity index (χ1n) is 5.88. The molecule has 1 unspecified atom stereocenters. The number of nitro groups is 1.